The van der Waals surface area contributed by atoms with Crippen LogP contribution >= 0.6 is 27.7 Å². The van der Waals surface area contributed by atoms with Crippen LogP contribution in [-0.4, -0.2) is 23.0 Å². The first-order valence-corrected chi connectivity index (χ1v) is 11.0. The van der Waals surface area contributed by atoms with Crippen LogP contribution in [0.5, 0.6) is 5.75 Å². The number of hydrogen-bond acceptors (Lipinski definition) is 4. The molecule has 2 aromatic carbocycles. The van der Waals surface area contributed by atoms with Crippen molar-refractivity contribution < 1.29 is 22.7 Å². The van der Waals surface area contributed by atoms with Crippen LogP contribution < -0.4 is 10.1 Å². The molecule has 0 aliphatic rings. The number of carbonyl (C=O) groups excluding carboxylic acids is 1. The van der Waals surface area contributed by atoms with Crippen molar-refractivity contribution >= 4 is 33.6 Å². The SMILES string of the molecule is CCSc1ccc(-c2cncc(C(=O)NCc3ccc(Br)cc3OC(F)(F)F)c2)cc1. The molecule has 3 aromatic rings. The Bertz CT molecular complexity index is 1060. The van der Waals surface area contributed by atoms with Gasteiger partial charge in [-0.15, -0.1) is 24.9 Å². The van der Waals surface area contributed by atoms with E-state index in [9.17, 15) is 18.0 Å². The summed E-state index contributed by atoms with van der Waals surface area (Å²) in [7, 11) is 0. The Kier molecular flexibility index (Phi) is 7.61. The molecular weight excluding hydrogens is 493 g/mol. The van der Waals surface area contributed by atoms with E-state index in [1.54, 1.807) is 30.1 Å². The van der Waals surface area contributed by atoms with Crippen molar-refractivity contribution in [2.75, 3.05) is 5.75 Å². The lowest BCUT2D eigenvalue weighted by Gasteiger charge is -2.14. The number of pyridine rings is 1. The van der Waals surface area contributed by atoms with Crippen LogP contribution in [-0.2, 0) is 6.54 Å². The number of aromatic nitrogens is 1. The number of carbonyl (C=O) groups is 1. The Morgan fingerprint density at radius 3 is 2.52 bits per heavy atom. The number of nitrogens with zero attached hydrogens (tertiary/aromatic N) is 1. The minimum Gasteiger partial charge on any atom is -0.405 e. The number of hydrogen-bond donors (Lipinski definition) is 1. The molecule has 0 bridgehead atoms. The average Bonchev–Trinajstić information content (AvgIpc) is 2.73. The van der Waals surface area contributed by atoms with Crippen LogP contribution in [0.25, 0.3) is 11.1 Å². The molecule has 4 nitrogen and oxygen atoms in total. The van der Waals surface area contributed by atoms with E-state index in [0.717, 1.165) is 21.8 Å². The van der Waals surface area contributed by atoms with E-state index in [2.05, 4.69) is 37.9 Å². The number of halogens is 4. The van der Waals surface area contributed by atoms with Crippen LogP contribution in [0, 0.1) is 0 Å². The van der Waals surface area contributed by atoms with Crippen LogP contribution in [0.2, 0.25) is 0 Å². The Labute approximate surface area is 190 Å². The molecule has 0 saturated carbocycles. The van der Waals surface area contributed by atoms with Gasteiger partial charge in [0.1, 0.15) is 5.75 Å². The quantitative estimate of drug-likeness (QED) is 0.371. The normalized spacial score (nSPS) is 11.3. The van der Waals surface area contributed by atoms with Gasteiger partial charge >= 0.3 is 6.36 Å². The smallest absolute Gasteiger partial charge is 0.405 e. The van der Waals surface area contributed by atoms with Gasteiger partial charge in [-0.3, -0.25) is 9.78 Å². The lowest BCUT2D eigenvalue weighted by Crippen LogP contribution is -2.24. The summed E-state index contributed by atoms with van der Waals surface area (Å²) in [6.07, 6.45) is -1.76. The van der Waals surface area contributed by atoms with E-state index in [0.29, 0.717) is 10.0 Å². The Balaban J connectivity index is 1.73. The third kappa shape index (κ3) is 6.73. The number of alkyl halides is 3. The summed E-state index contributed by atoms with van der Waals surface area (Å²) in [6.45, 7) is 1.95. The maximum atomic E-state index is 12.7. The van der Waals surface area contributed by atoms with Crippen molar-refractivity contribution in [3.05, 3.63) is 76.5 Å². The molecule has 0 radical (unpaired) electrons. The molecule has 1 heterocycles. The first-order valence-electron chi connectivity index (χ1n) is 9.26. The van der Waals surface area contributed by atoms with Crippen molar-refractivity contribution in [1.82, 2.24) is 10.3 Å². The van der Waals surface area contributed by atoms with Gasteiger partial charge in [0.25, 0.3) is 5.91 Å². The number of thioether (sulfide) groups is 1. The molecule has 31 heavy (non-hydrogen) atoms. The minimum atomic E-state index is -4.83. The molecule has 9 heteroatoms. The largest absolute Gasteiger partial charge is 0.573 e. The van der Waals surface area contributed by atoms with E-state index in [1.807, 2.05) is 24.3 Å². The summed E-state index contributed by atoms with van der Waals surface area (Å²) in [5.74, 6) is 0.150. The van der Waals surface area contributed by atoms with Crippen molar-refractivity contribution in [2.45, 2.75) is 24.7 Å². The summed E-state index contributed by atoms with van der Waals surface area (Å²) in [6, 6.07) is 13.9. The molecule has 0 atom stereocenters. The van der Waals surface area contributed by atoms with Gasteiger partial charge in [0.2, 0.25) is 0 Å². The van der Waals surface area contributed by atoms with E-state index in [1.165, 1.54) is 18.3 Å². The van der Waals surface area contributed by atoms with Gasteiger partial charge in [-0.2, -0.15) is 0 Å². The lowest BCUT2D eigenvalue weighted by molar-refractivity contribution is -0.274. The molecule has 0 saturated heterocycles. The topological polar surface area (TPSA) is 51.2 Å². The summed E-state index contributed by atoms with van der Waals surface area (Å²) in [5, 5.41) is 2.62. The summed E-state index contributed by atoms with van der Waals surface area (Å²) in [5.41, 5.74) is 2.18. The van der Waals surface area contributed by atoms with Crippen LogP contribution in [0.4, 0.5) is 13.2 Å². The molecule has 0 aliphatic carbocycles. The van der Waals surface area contributed by atoms with Crippen molar-refractivity contribution in [3.63, 3.8) is 0 Å². The van der Waals surface area contributed by atoms with Crippen LogP contribution in [0.3, 0.4) is 0 Å². The second-order valence-electron chi connectivity index (χ2n) is 6.40. The van der Waals surface area contributed by atoms with Gasteiger partial charge in [0.05, 0.1) is 5.56 Å². The van der Waals surface area contributed by atoms with Crippen LogP contribution in [0.1, 0.15) is 22.8 Å². The highest BCUT2D eigenvalue weighted by atomic mass is 79.9. The van der Waals surface area contributed by atoms with Gasteiger partial charge in [-0.1, -0.05) is 41.1 Å². The highest BCUT2D eigenvalue weighted by Crippen LogP contribution is 2.29. The van der Waals surface area contributed by atoms with E-state index in [4.69, 9.17) is 0 Å². The predicted octanol–water partition coefficient (Wildman–Crippen LogP) is 6.45. The zero-order valence-electron chi connectivity index (χ0n) is 16.4. The van der Waals surface area contributed by atoms with Crippen molar-refractivity contribution in [3.8, 4) is 16.9 Å². The first-order chi connectivity index (χ1) is 14.7. The second-order valence-corrected chi connectivity index (χ2v) is 8.66. The van der Waals surface area contributed by atoms with Gasteiger partial charge in [0.15, 0.2) is 0 Å². The summed E-state index contributed by atoms with van der Waals surface area (Å²) in [4.78, 5) is 17.9. The molecule has 0 aliphatic heterocycles. The second kappa shape index (κ2) is 10.2. The zero-order chi connectivity index (χ0) is 22.4. The summed E-state index contributed by atoms with van der Waals surface area (Å²) < 4.78 is 42.5. The maximum Gasteiger partial charge on any atom is 0.573 e. The van der Waals surface area contributed by atoms with Gasteiger partial charge in [-0.05, 0) is 41.6 Å². The Hall–Kier alpha value is -2.52. The molecule has 0 fully saturated rings. The third-order valence-corrected chi connectivity index (χ3v) is 5.58. The monoisotopic (exact) mass is 510 g/mol. The van der Waals surface area contributed by atoms with E-state index < -0.39 is 12.3 Å². The standard InChI is InChI=1S/C22H18BrF3N2O2S/c1-2-31-19-7-4-14(5-8-19)16-9-17(12-27-11-16)21(29)28-13-15-3-6-18(23)10-20(15)30-22(24,25)26/h3-12H,2,13H2,1H3,(H,28,29). The summed E-state index contributed by atoms with van der Waals surface area (Å²) >= 11 is 4.85. The molecular formula is C22H18BrF3N2O2S. The number of amides is 1. The molecule has 1 N–H and O–H groups in total. The fourth-order valence-electron chi connectivity index (χ4n) is 2.80. The molecule has 1 amide bonds. The number of benzene rings is 2. The molecule has 0 spiro atoms. The lowest BCUT2D eigenvalue weighted by atomic mass is 10.1. The van der Waals surface area contributed by atoms with Crippen LogP contribution in [0.15, 0.2) is 70.3 Å². The number of ether oxygens (including phenoxy) is 1. The first kappa shape index (κ1) is 23.1. The van der Waals surface area contributed by atoms with Gasteiger partial charge < -0.3 is 10.1 Å². The highest BCUT2D eigenvalue weighted by Gasteiger charge is 2.32. The number of nitrogens with one attached hydrogen (secondary N) is 1. The molecule has 3 rings (SSSR count). The molecule has 162 valence electrons. The Morgan fingerprint density at radius 2 is 1.84 bits per heavy atom. The maximum absolute atomic E-state index is 12.7. The fourth-order valence-corrected chi connectivity index (χ4v) is 3.81. The predicted molar refractivity (Wildman–Crippen MR) is 118 cm³/mol. The molecule has 1 aromatic heterocycles. The number of rotatable bonds is 7. The average molecular weight is 511 g/mol. The zero-order valence-corrected chi connectivity index (χ0v) is 18.8. The molecule has 0 unspecified atom stereocenters. The fraction of sp³-hybridized carbons (Fsp3) is 0.182. The Morgan fingerprint density at radius 1 is 1.10 bits per heavy atom. The highest BCUT2D eigenvalue weighted by molar-refractivity contribution is 9.10. The third-order valence-electron chi connectivity index (χ3n) is 4.19. The van der Waals surface area contributed by atoms with E-state index in [-0.39, 0.29) is 17.9 Å². The van der Waals surface area contributed by atoms with Crippen molar-refractivity contribution in [2.24, 2.45) is 0 Å². The van der Waals surface area contributed by atoms with Crippen molar-refractivity contribution in [1.29, 1.82) is 0 Å². The van der Waals surface area contributed by atoms with Gasteiger partial charge in [-0.25, -0.2) is 0 Å². The minimum absolute atomic E-state index is 0.134. The van der Waals surface area contributed by atoms with Gasteiger partial charge in [0, 0.05) is 39.4 Å². The van der Waals surface area contributed by atoms with E-state index >= 15 is 0 Å².